The fraction of sp³-hybridized carbons (Fsp3) is 1.00. The van der Waals surface area contributed by atoms with Crippen molar-refractivity contribution < 1.29 is 10.2 Å². The van der Waals surface area contributed by atoms with E-state index in [2.05, 4.69) is 0 Å². The second kappa shape index (κ2) is 1.78. The smallest absolute Gasteiger partial charge is 0.136 e. The molecule has 0 bridgehead atoms. The summed E-state index contributed by atoms with van der Waals surface area (Å²) in [5.41, 5.74) is 3.54. The van der Waals surface area contributed by atoms with E-state index in [9.17, 15) is 0 Å². The van der Waals surface area contributed by atoms with Crippen LogP contribution in [0.3, 0.4) is 0 Å². The van der Waals surface area contributed by atoms with Crippen LogP contribution >= 0.6 is 0 Å². The summed E-state index contributed by atoms with van der Waals surface area (Å²) in [4.78, 5) is 0. The second-order valence-electron chi connectivity index (χ2n) is 1.90. The van der Waals surface area contributed by atoms with Crippen LogP contribution in [0.5, 0.6) is 0 Å². The second-order valence-corrected chi connectivity index (χ2v) is 1.90. The Morgan fingerprint density at radius 3 is 1.86 bits per heavy atom. The molecule has 0 rings (SSSR count). The number of aliphatic hydroxyl groups is 2. The first kappa shape index (κ1) is 6.88. The minimum Gasteiger partial charge on any atom is -0.389 e. The maximum absolute atomic E-state index is 8.62. The molecule has 0 aromatic heterocycles. The van der Waals surface area contributed by atoms with Crippen LogP contribution in [0.4, 0.5) is 0 Å². The quantitative estimate of drug-likeness (QED) is 0.376. The molecule has 0 saturated carbocycles. The molecule has 0 aliphatic carbocycles. The summed E-state index contributed by atoms with van der Waals surface area (Å²) >= 11 is 0. The van der Waals surface area contributed by atoms with Crippen molar-refractivity contribution >= 4 is 0 Å². The van der Waals surface area contributed by atoms with Crippen LogP contribution < -0.4 is 5.73 Å². The van der Waals surface area contributed by atoms with Crippen LogP contribution in [-0.2, 0) is 0 Å². The molecule has 0 radical (unpaired) electrons. The summed E-state index contributed by atoms with van der Waals surface area (Å²) in [5, 5.41) is 17.1. The molecule has 0 aliphatic heterocycles. The van der Waals surface area contributed by atoms with Crippen molar-refractivity contribution in [3.05, 3.63) is 0 Å². The molecule has 2 unspecified atom stereocenters. The monoisotopic (exact) mass is 105 g/mol. The summed E-state index contributed by atoms with van der Waals surface area (Å²) in [6, 6.07) is 0. The number of aliphatic hydroxyl groups excluding tert-OH is 1. The highest BCUT2D eigenvalue weighted by Crippen LogP contribution is 1.97. The molecule has 4 N–H and O–H groups in total. The van der Waals surface area contributed by atoms with Crippen molar-refractivity contribution in [3.63, 3.8) is 0 Å². The van der Waals surface area contributed by atoms with Crippen LogP contribution in [0.15, 0.2) is 0 Å². The molecule has 0 aromatic rings. The van der Waals surface area contributed by atoms with Crippen LogP contribution in [0, 0.1) is 0 Å². The van der Waals surface area contributed by atoms with Gasteiger partial charge in [-0.25, -0.2) is 0 Å². The maximum Gasteiger partial charge on any atom is 0.136 e. The van der Waals surface area contributed by atoms with Gasteiger partial charge >= 0.3 is 0 Å². The zero-order chi connectivity index (χ0) is 6.08. The van der Waals surface area contributed by atoms with Crippen molar-refractivity contribution in [1.82, 2.24) is 0 Å². The lowest BCUT2D eigenvalue weighted by Crippen LogP contribution is -2.46. The van der Waals surface area contributed by atoms with Gasteiger partial charge in [-0.05, 0) is 13.8 Å². The molecule has 0 heterocycles. The normalized spacial score (nSPS) is 23.6. The van der Waals surface area contributed by atoms with Crippen LogP contribution in [-0.4, -0.2) is 22.0 Å². The Hall–Kier alpha value is -0.120. The van der Waals surface area contributed by atoms with Gasteiger partial charge in [0.15, 0.2) is 0 Å². The molecule has 2 atom stereocenters. The molecular weight excluding hydrogens is 94.0 g/mol. The van der Waals surface area contributed by atoms with Crippen LogP contribution in [0.1, 0.15) is 13.8 Å². The zero-order valence-electron chi connectivity index (χ0n) is 4.55. The Morgan fingerprint density at radius 2 is 1.86 bits per heavy atom. The summed E-state index contributed by atoms with van der Waals surface area (Å²) in [6.45, 7) is 2.78. The van der Waals surface area contributed by atoms with Crippen molar-refractivity contribution in [3.8, 4) is 0 Å². The van der Waals surface area contributed by atoms with Gasteiger partial charge in [0, 0.05) is 0 Å². The molecule has 0 amide bonds. The molecule has 7 heavy (non-hydrogen) atoms. The van der Waals surface area contributed by atoms with Gasteiger partial charge in [0.1, 0.15) is 5.72 Å². The molecule has 0 saturated heterocycles. The molecule has 0 aliphatic rings. The summed E-state index contributed by atoms with van der Waals surface area (Å²) in [7, 11) is 0. The minimum absolute atomic E-state index is 0.868. The highest BCUT2D eigenvalue weighted by Gasteiger charge is 2.19. The first-order valence-electron chi connectivity index (χ1n) is 2.14. The Balaban J connectivity index is 3.54. The minimum atomic E-state index is -1.44. The van der Waals surface area contributed by atoms with E-state index in [0.717, 1.165) is 0 Å². The van der Waals surface area contributed by atoms with Crippen LogP contribution in [0.2, 0.25) is 0 Å². The average Bonchev–Trinajstić information content (AvgIpc) is 1.31. The van der Waals surface area contributed by atoms with Gasteiger partial charge < -0.3 is 15.9 Å². The van der Waals surface area contributed by atoms with Crippen molar-refractivity contribution in [2.75, 3.05) is 0 Å². The molecule has 44 valence electrons. The third-order valence-corrected chi connectivity index (χ3v) is 0.846. The first-order valence-corrected chi connectivity index (χ1v) is 2.14. The van der Waals surface area contributed by atoms with Crippen molar-refractivity contribution in [2.45, 2.75) is 25.7 Å². The molecule has 3 heteroatoms. The van der Waals surface area contributed by atoms with Crippen LogP contribution in [0.25, 0.3) is 0 Å². The van der Waals surface area contributed by atoms with Gasteiger partial charge in [-0.15, -0.1) is 0 Å². The van der Waals surface area contributed by atoms with Gasteiger partial charge in [-0.2, -0.15) is 0 Å². The Bertz CT molecular complexity index is 55.2. The van der Waals surface area contributed by atoms with E-state index < -0.39 is 11.8 Å². The Morgan fingerprint density at radius 1 is 1.71 bits per heavy atom. The van der Waals surface area contributed by atoms with E-state index in [1.165, 1.54) is 13.8 Å². The fourth-order valence-electron chi connectivity index (χ4n) is 0. The SMILES string of the molecule is CC(O)C(C)(N)O. The standard InChI is InChI=1S/C4H11NO2/c1-3(6)4(2,5)7/h3,6-7H,5H2,1-2H3. The van der Waals surface area contributed by atoms with E-state index in [4.69, 9.17) is 15.9 Å². The van der Waals surface area contributed by atoms with Crippen molar-refractivity contribution in [1.29, 1.82) is 0 Å². The van der Waals surface area contributed by atoms with E-state index in [-0.39, 0.29) is 0 Å². The van der Waals surface area contributed by atoms with E-state index in [1.54, 1.807) is 0 Å². The highest BCUT2D eigenvalue weighted by molar-refractivity contribution is 4.68. The number of nitrogens with two attached hydrogens (primary N) is 1. The van der Waals surface area contributed by atoms with Gasteiger partial charge in [0.2, 0.25) is 0 Å². The lowest BCUT2D eigenvalue weighted by atomic mass is 10.2. The maximum atomic E-state index is 8.62. The largest absolute Gasteiger partial charge is 0.389 e. The van der Waals surface area contributed by atoms with E-state index in [1.807, 2.05) is 0 Å². The van der Waals surface area contributed by atoms with Gasteiger partial charge in [0.25, 0.3) is 0 Å². The Kier molecular flexibility index (Phi) is 1.75. The predicted octanol–water partition coefficient (Wildman–Crippen LogP) is -0.966. The molecule has 0 aromatic carbocycles. The summed E-state index contributed by atoms with van der Waals surface area (Å²) in [5.74, 6) is 0. The molecule has 3 nitrogen and oxygen atoms in total. The van der Waals surface area contributed by atoms with Gasteiger partial charge in [0.05, 0.1) is 6.10 Å². The Labute approximate surface area is 42.8 Å². The molecule has 0 fully saturated rings. The number of rotatable bonds is 1. The summed E-state index contributed by atoms with van der Waals surface area (Å²) in [6.07, 6.45) is -0.868. The third kappa shape index (κ3) is 2.56. The predicted molar refractivity (Wildman–Crippen MR) is 26.5 cm³/mol. The van der Waals surface area contributed by atoms with Crippen molar-refractivity contribution in [2.24, 2.45) is 5.73 Å². The lowest BCUT2D eigenvalue weighted by molar-refractivity contribution is -0.0470. The first-order chi connectivity index (χ1) is 2.94. The fourth-order valence-corrected chi connectivity index (χ4v) is 0. The summed E-state index contributed by atoms with van der Waals surface area (Å²) < 4.78 is 0. The molecule has 0 spiro atoms. The lowest BCUT2D eigenvalue weighted by Gasteiger charge is -2.19. The van der Waals surface area contributed by atoms with E-state index >= 15 is 0 Å². The zero-order valence-corrected chi connectivity index (χ0v) is 4.55. The topological polar surface area (TPSA) is 66.5 Å². The third-order valence-electron chi connectivity index (χ3n) is 0.846. The van der Waals surface area contributed by atoms with E-state index in [0.29, 0.717) is 0 Å². The number of hydrogen-bond acceptors (Lipinski definition) is 3. The highest BCUT2D eigenvalue weighted by atomic mass is 16.3. The van der Waals surface area contributed by atoms with Gasteiger partial charge in [-0.3, -0.25) is 0 Å². The average molecular weight is 105 g/mol. The molecular formula is C4H11NO2. The van der Waals surface area contributed by atoms with Gasteiger partial charge in [-0.1, -0.05) is 0 Å². The number of hydrogen-bond donors (Lipinski definition) is 3.